The second-order valence-electron chi connectivity index (χ2n) is 6.66. The molecule has 0 saturated carbocycles. The van der Waals surface area contributed by atoms with E-state index in [0.29, 0.717) is 22.0 Å². The molecule has 0 fully saturated rings. The maximum Gasteiger partial charge on any atom is 0.337 e. The number of hydrazine groups is 1. The van der Waals surface area contributed by atoms with Crippen LogP contribution >= 0.6 is 0 Å². The summed E-state index contributed by atoms with van der Waals surface area (Å²) in [6.07, 6.45) is 3.19. The summed E-state index contributed by atoms with van der Waals surface area (Å²) in [5.74, 6) is -1.49. The number of carbonyl (C=O) groups is 2. The zero-order chi connectivity index (χ0) is 20.7. The van der Waals surface area contributed by atoms with E-state index in [1.54, 1.807) is 47.8 Å². The Bertz CT molecular complexity index is 1280. The Morgan fingerprint density at radius 2 is 1.41 bits per heavy atom. The standard InChI is InChI=1S/C20H17F2N5O2/c1-26-9-15(13-7-11(21)3-5-17(13)26)19(28)24-25-20(29)23-16-10-27(2)18-6-4-12(22)8-14(16)18/h3-10H,1-2H3,(H,24,28)(H2,23,25,29). The second-order valence-corrected chi connectivity index (χ2v) is 6.66. The van der Waals surface area contributed by atoms with Gasteiger partial charge in [0.05, 0.1) is 16.8 Å². The fraction of sp³-hybridized carbons (Fsp3) is 0.100. The molecule has 0 aliphatic carbocycles. The molecule has 0 unspecified atom stereocenters. The first-order valence-corrected chi connectivity index (χ1v) is 8.70. The molecule has 3 N–H and O–H groups in total. The van der Waals surface area contributed by atoms with E-state index < -0.39 is 23.6 Å². The Labute approximate surface area is 163 Å². The Morgan fingerprint density at radius 3 is 2.10 bits per heavy atom. The van der Waals surface area contributed by atoms with Crippen LogP contribution in [-0.2, 0) is 14.1 Å². The zero-order valence-corrected chi connectivity index (χ0v) is 15.6. The molecule has 29 heavy (non-hydrogen) atoms. The molecule has 148 valence electrons. The largest absolute Gasteiger partial charge is 0.350 e. The second kappa shape index (κ2) is 6.93. The third kappa shape index (κ3) is 3.38. The van der Waals surface area contributed by atoms with Crippen molar-refractivity contribution in [3.05, 3.63) is 66.0 Å². The van der Waals surface area contributed by atoms with Crippen LogP contribution in [0.25, 0.3) is 21.8 Å². The summed E-state index contributed by atoms with van der Waals surface area (Å²) >= 11 is 0. The first kappa shape index (κ1) is 18.5. The van der Waals surface area contributed by atoms with Crippen molar-refractivity contribution in [2.75, 3.05) is 5.32 Å². The molecule has 0 atom stereocenters. The third-order valence-corrected chi connectivity index (χ3v) is 4.69. The highest BCUT2D eigenvalue weighted by molar-refractivity contribution is 6.08. The minimum absolute atomic E-state index is 0.217. The van der Waals surface area contributed by atoms with E-state index in [1.807, 2.05) is 0 Å². The van der Waals surface area contributed by atoms with E-state index >= 15 is 0 Å². The van der Waals surface area contributed by atoms with E-state index in [4.69, 9.17) is 0 Å². The molecular formula is C20H17F2N5O2. The van der Waals surface area contributed by atoms with Crippen LogP contribution in [0.3, 0.4) is 0 Å². The van der Waals surface area contributed by atoms with Gasteiger partial charge in [0.2, 0.25) is 0 Å². The highest BCUT2D eigenvalue weighted by atomic mass is 19.1. The molecule has 0 aliphatic rings. The van der Waals surface area contributed by atoms with Gasteiger partial charge in [-0.15, -0.1) is 0 Å². The number of rotatable bonds is 2. The van der Waals surface area contributed by atoms with Gasteiger partial charge in [0.1, 0.15) is 11.6 Å². The first-order valence-electron chi connectivity index (χ1n) is 8.70. The van der Waals surface area contributed by atoms with Crippen molar-refractivity contribution < 1.29 is 18.4 Å². The highest BCUT2D eigenvalue weighted by Gasteiger charge is 2.16. The number of hydrogen-bond acceptors (Lipinski definition) is 2. The average Bonchev–Trinajstić information content (AvgIpc) is 3.16. The van der Waals surface area contributed by atoms with Crippen molar-refractivity contribution in [2.45, 2.75) is 0 Å². The van der Waals surface area contributed by atoms with Crippen molar-refractivity contribution in [3.8, 4) is 0 Å². The number of nitrogens with zero attached hydrogens (tertiary/aromatic N) is 2. The topological polar surface area (TPSA) is 80.1 Å². The van der Waals surface area contributed by atoms with Crippen LogP contribution in [0.15, 0.2) is 48.8 Å². The summed E-state index contributed by atoms with van der Waals surface area (Å²) in [5, 5.41) is 3.53. The van der Waals surface area contributed by atoms with Crippen LogP contribution in [0.1, 0.15) is 10.4 Å². The summed E-state index contributed by atoms with van der Waals surface area (Å²) in [4.78, 5) is 24.7. The van der Waals surface area contributed by atoms with Gasteiger partial charge in [-0.05, 0) is 36.4 Å². The number of aryl methyl sites for hydroxylation is 2. The Morgan fingerprint density at radius 1 is 0.828 bits per heavy atom. The fourth-order valence-electron chi connectivity index (χ4n) is 3.34. The molecule has 0 saturated heterocycles. The molecule has 0 aliphatic heterocycles. The molecule has 9 heteroatoms. The number of hydrogen-bond donors (Lipinski definition) is 3. The molecule has 0 radical (unpaired) electrons. The Kier molecular flexibility index (Phi) is 4.42. The van der Waals surface area contributed by atoms with Crippen LogP contribution in [0.2, 0.25) is 0 Å². The van der Waals surface area contributed by atoms with Gasteiger partial charge in [-0.1, -0.05) is 0 Å². The van der Waals surface area contributed by atoms with Crippen molar-refractivity contribution in [3.63, 3.8) is 0 Å². The normalized spacial score (nSPS) is 11.0. The van der Waals surface area contributed by atoms with E-state index in [0.717, 1.165) is 5.52 Å². The number of benzene rings is 2. The number of aromatic nitrogens is 2. The molecule has 4 aromatic rings. The fourth-order valence-corrected chi connectivity index (χ4v) is 3.34. The quantitative estimate of drug-likeness (QED) is 0.453. The predicted octanol–water partition coefficient (Wildman–Crippen LogP) is 3.41. The minimum atomic E-state index is -0.707. The van der Waals surface area contributed by atoms with Gasteiger partial charge in [0.25, 0.3) is 5.91 Å². The zero-order valence-electron chi connectivity index (χ0n) is 15.6. The van der Waals surface area contributed by atoms with E-state index in [9.17, 15) is 18.4 Å². The van der Waals surface area contributed by atoms with Crippen LogP contribution in [0.5, 0.6) is 0 Å². The number of nitrogens with one attached hydrogen (secondary N) is 3. The molecule has 2 aromatic heterocycles. The molecule has 0 bridgehead atoms. The molecule has 7 nitrogen and oxygen atoms in total. The maximum atomic E-state index is 13.6. The van der Waals surface area contributed by atoms with Gasteiger partial charge in [-0.25, -0.2) is 19.0 Å². The SMILES string of the molecule is Cn1cc(NC(=O)NNC(=O)c2cn(C)c3ccc(F)cc23)c2cc(F)ccc21. The number of fused-ring (bicyclic) bond motifs is 2. The summed E-state index contributed by atoms with van der Waals surface area (Å²) in [6, 6.07) is 7.68. The van der Waals surface area contributed by atoms with Gasteiger partial charge in [-0.3, -0.25) is 10.2 Å². The van der Waals surface area contributed by atoms with Crippen molar-refractivity contribution in [1.82, 2.24) is 20.0 Å². The summed E-state index contributed by atoms with van der Waals surface area (Å²) < 4.78 is 30.5. The van der Waals surface area contributed by atoms with Crippen molar-refractivity contribution in [1.29, 1.82) is 0 Å². The predicted molar refractivity (Wildman–Crippen MR) is 105 cm³/mol. The Hall–Kier alpha value is -3.88. The number of halogens is 2. The third-order valence-electron chi connectivity index (χ3n) is 4.69. The molecule has 0 spiro atoms. The van der Waals surface area contributed by atoms with Gasteiger partial charge in [0, 0.05) is 42.8 Å². The number of urea groups is 1. The molecule has 3 amide bonds. The van der Waals surface area contributed by atoms with Crippen molar-refractivity contribution >= 4 is 39.4 Å². The van der Waals surface area contributed by atoms with E-state index in [2.05, 4.69) is 16.2 Å². The lowest BCUT2D eigenvalue weighted by atomic mass is 10.1. The summed E-state index contributed by atoms with van der Waals surface area (Å²) in [6.45, 7) is 0. The smallest absolute Gasteiger partial charge is 0.337 e. The maximum absolute atomic E-state index is 13.6. The van der Waals surface area contributed by atoms with Gasteiger partial charge in [0.15, 0.2) is 0 Å². The van der Waals surface area contributed by atoms with E-state index in [-0.39, 0.29) is 5.56 Å². The van der Waals surface area contributed by atoms with Gasteiger partial charge in [-0.2, -0.15) is 0 Å². The van der Waals surface area contributed by atoms with Crippen LogP contribution < -0.4 is 16.2 Å². The van der Waals surface area contributed by atoms with E-state index in [1.165, 1.54) is 24.3 Å². The highest BCUT2D eigenvalue weighted by Crippen LogP contribution is 2.26. The number of anilines is 1. The molecule has 4 rings (SSSR count). The average molecular weight is 397 g/mol. The Balaban J connectivity index is 1.49. The molecule has 2 aromatic carbocycles. The lowest BCUT2D eigenvalue weighted by Crippen LogP contribution is -2.43. The monoisotopic (exact) mass is 397 g/mol. The first-order chi connectivity index (χ1) is 13.8. The van der Waals surface area contributed by atoms with Crippen LogP contribution in [-0.4, -0.2) is 21.1 Å². The number of amides is 3. The van der Waals surface area contributed by atoms with Gasteiger partial charge < -0.3 is 14.5 Å². The minimum Gasteiger partial charge on any atom is -0.350 e. The summed E-state index contributed by atoms with van der Waals surface area (Å²) in [7, 11) is 3.50. The lowest BCUT2D eigenvalue weighted by Gasteiger charge is -2.08. The molecular weight excluding hydrogens is 380 g/mol. The number of carbonyl (C=O) groups excluding carboxylic acids is 2. The lowest BCUT2D eigenvalue weighted by molar-refractivity contribution is 0.0939. The van der Waals surface area contributed by atoms with Crippen LogP contribution in [0, 0.1) is 11.6 Å². The summed E-state index contributed by atoms with van der Waals surface area (Å²) in [5.41, 5.74) is 6.57. The van der Waals surface area contributed by atoms with Gasteiger partial charge >= 0.3 is 6.03 Å². The van der Waals surface area contributed by atoms with Crippen molar-refractivity contribution in [2.24, 2.45) is 14.1 Å². The molecule has 2 heterocycles. The van der Waals surface area contributed by atoms with Crippen LogP contribution in [0.4, 0.5) is 19.3 Å².